The van der Waals surface area contributed by atoms with Gasteiger partial charge in [0.25, 0.3) is 0 Å². The molecular weight excluding hydrogens is 260 g/mol. The van der Waals surface area contributed by atoms with Gasteiger partial charge in [-0.05, 0) is 34.4 Å². The van der Waals surface area contributed by atoms with Crippen LogP contribution in [0.4, 0.5) is 0 Å². The number of carboxylic acids is 1. The van der Waals surface area contributed by atoms with Gasteiger partial charge in [0, 0.05) is 0 Å². The van der Waals surface area contributed by atoms with E-state index in [2.05, 4.69) is 18.2 Å². The minimum absolute atomic E-state index is 0.301. The van der Waals surface area contributed by atoms with E-state index in [1.807, 2.05) is 42.5 Å². The molecule has 0 aliphatic heterocycles. The molecule has 21 heavy (non-hydrogen) atoms. The Morgan fingerprint density at radius 2 is 1.24 bits per heavy atom. The van der Waals surface area contributed by atoms with E-state index in [9.17, 15) is 4.79 Å². The van der Waals surface area contributed by atoms with Crippen molar-refractivity contribution in [2.45, 2.75) is 0 Å². The van der Waals surface area contributed by atoms with Crippen LogP contribution in [0.1, 0.15) is 10.4 Å². The molecule has 0 fully saturated rings. The molecule has 0 aliphatic carbocycles. The van der Waals surface area contributed by atoms with Crippen molar-refractivity contribution in [2.24, 2.45) is 0 Å². The molecule has 0 saturated heterocycles. The van der Waals surface area contributed by atoms with Crippen molar-refractivity contribution in [3.8, 4) is 22.3 Å². The SMILES string of the molecule is O=C(O)c1cccc(-c2ccccc2-c2ccccc2)c1. The first-order valence-corrected chi connectivity index (χ1v) is 6.74. The molecule has 0 heterocycles. The quantitative estimate of drug-likeness (QED) is 0.750. The van der Waals surface area contributed by atoms with Gasteiger partial charge >= 0.3 is 5.97 Å². The average Bonchev–Trinajstić information content (AvgIpc) is 2.56. The van der Waals surface area contributed by atoms with Crippen molar-refractivity contribution in [2.75, 3.05) is 0 Å². The fraction of sp³-hybridized carbons (Fsp3) is 0. The van der Waals surface area contributed by atoms with Gasteiger partial charge in [0.15, 0.2) is 0 Å². The highest BCUT2D eigenvalue weighted by atomic mass is 16.4. The van der Waals surface area contributed by atoms with E-state index in [4.69, 9.17) is 5.11 Å². The van der Waals surface area contributed by atoms with Crippen LogP contribution < -0.4 is 0 Å². The number of carbonyl (C=O) groups is 1. The molecule has 1 N–H and O–H groups in total. The fourth-order valence-corrected chi connectivity index (χ4v) is 2.42. The molecule has 102 valence electrons. The molecule has 0 radical (unpaired) electrons. The van der Waals surface area contributed by atoms with Gasteiger partial charge in [-0.2, -0.15) is 0 Å². The van der Waals surface area contributed by atoms with E-state index >= 15 is 0 Å². The summed E-state index contributed by atoms with van der Waals surface area (Å²) in [5.74, 6) is -0.908. The lowest BCUT2D eigenvalue weighted by Crippen LogP contribution is -1.96. The normalized spacial score (nSPS) is 10.3. The van der Waals surface area contributed by atoms with Crippen LogP contribution in [0, 0.1) is 0 Å². The topological polar surface area (TPSA) is 37.3 Å². The Kier molecular flexibility index (Phi) is 3.52. The molecule has 0 amide bonds. The highest BCUT2D eigenvalue weighted by Crippen LogP contribution is 2.32. The van der Waals surface area contributed by atoms with Crippen molar-refractivity contribution in [1.29, 1.82) is 0 Å². The molecule has 0 bridgehead atoms. The van der Waals surface area contributed by atoms with Crippen molar-refractivity contribution >= 4 is 5.97 Å². The molecule has 3 aromatic rings. The van der Waals surface area contributed by atoms with Crippen molar-refractivity contribution in [1.82, 2.24) is 0 Å². The largest absolute Gasteiger partial charge is 0.478 e. The number of rotatable bonds is 3. The lowest BCUT2D eigenvalue weighted by molar-refractivity contribution is 0.0697. The summed E-state index contributed by atoms with van der Waals surface area (Å²) in [6.45, 7) is 0. The summed E-state index contributed by atoms with van der Waals surface area (Å²) < 4.78 is 0. The van der Waals surface area contributed by atoms with Crippen LogP contribution in [0.25, 0.3) is 22.3 Å². The van der Waals surface area contributed by atoms with E-state index in [-0.39, 0.29) is 0 Å². The summed E-state index contributed by atoms with van der Waals surface area (Å²) in [6.07, 6.45) is 0. The van der Waals surface area contributed by atoms with Crippen molar-refractivity contribution in [3.05, 3.63) is 84.4 Å². The summed E-state index contributed by atoms with van der Waals surface area (Å²) in [7, 11) is 0. The van der Waals surface area contributed by atoms with Crippen LogP contribution in [0.5, 0.6) is 0 Å². The first-order valence-electron chi connectivity index (χ1n) is 6.74. The minimum Gasteiger partial charge on any atom is -0.478 e. The van der Waals surface area contributed by atoms with Gasteiger partial charge in [0.05, 0.1) is 5.56 Å². The predicted octanol–water partition coefficient (Wildman–Crippen LogP) is 4.72. The summed E-state index contributed by atoms with van der Waals surface area (Å²) in [4.78, 5) is 11.1. The van der Waals surface area contributed by atoms with Crippen LogP contribution in [0.15, 0.2) is 78.9 Å². The number of hydrogen-bond acceptors (Lipinski definition) is 1. The van der Waals surface area contributed by atoms with E-state index in [0.717, 1.165) is 22.3 Å². The van der Waals surface area contributed by atoms with Crippen LogP contribution in [-0.4, -0.2) is 11.1 Å². The zero-order valence-electron chi connectivity index (χ0n) is 11.4. The lowest BCUT2D eigenvalue weighted by Gasteiger charge is -2.10. The highest BCUT2D eigenvalue weighted by Gasteiger charge is 2.09. The average molecular weight is 274 g/mol. The molecule has 0 saturated carbocycles. The van der Waals surface area contributed by atoms with Gasteiger partial charge in [-0.3, -0.25) is 0 Å². The molecule has 3 aromatic carbocycles. The molecule has 0 spiro atoms. The second-order valence-corrected chi connectivity index (χ2v) is 4.80. The molecular formula is C19H14O2. The predicted molar refractivity (Wildman–Crippen MR) is 84.3 cm³/mol. The standard InChI is InChI=1S/C19H14O2/c20-19(21)16-10-6-9-15(13-16)18-12-5-4-11-17(18)14-7-2-1-3-8-14/h1-13H,(H,20,21). The van der Waals surface area contributed by atoms with Crippen LogP contribution in [0.3, 0.4) is 0 Å². The summed E-state index contributed by atoms with van der Waals surface area (Å²) >= 11 is 0. The Hall–Kier alpha value is -2.87. The lowest BCUT2D eigenvalue weighted by atomic mass is 9.94. The van der Waals surface area contributed by atoms with E-state index in [1.54, 1.807) is 18.2 Å². The maximum Gasteiger partial charge on any atom is 0.335 e. The summed E-state index contributed by atoms with van der Waals surface area (Å²) in [5, 5.41) is 9.14. The minimum atomic E-state index is -0.908. The third kappa shape index (κ3) is 2.70. The maximum absolute atomic E-state index is 11.1. The van der Waals surface area contributed by atoms with Crippen molar-refractivity contribution < 1.29 is 9.90 Å². The number of carboxylic acid groups (broad SMARTS) is 1. The zero-order chi connectivity index (χ0) is 14.7. The number of benzene rings is 3. The summed E-state index contributed by atoms with van der Waals surface area (Å²) in [5.41, 5.74) is 4.46. The Bertz CT molecular complexity index is 776. The van der Waals surface area contributed by atoms with Crippen LogP contribution >= 0.6 is 0 Å². The molecule has 0 aromatic heterocycles. The van der Waals surface area contributed by atoms with Gasteiger partial charge in [0.2, 0.25) is 0 Å². The van der Waals surface area contributed by atoms with E-state index in [1.165, 1.54) is 0 Å². The number of hydrogen-bond donors (Lipinski definition) is 1. The molecule has 0 atom stereocenters. The fourth-order valence-electron chi connectivity index (χ4n) is 2.42. The molecule has 2 heteroatoms. The van der Waals surface area contributed by atoms with Crippen LogP contribution in [0.2, 0.25) is 0 Å². The Morgan fingerprint density at radius 1 is 0.667 bits per heavy atom. The first kappa shape index (κ1) is 13.1. The van der Waals surface area contributed by atoms with Gasteiger partial charge in [-0.1, -0.05) is 66.7 Å². The molecule has 3 rings (SSSR count). The maximum atomic E-state index is 11.1. The Labute approximate surface area is 123 Å². The first-order chi connectivity index (χ1) is 10.3. The highest BCUT2D eigenvalue weighted by molar-refractivity contribution is 5.91. The zero-order valence-corrected chi connectivity index (χ0v) is 11.4. The second kappa shape index (κ2) is 5.63. The molecule has 0 unspecified atom stereocenters. The monoisotopic (exact) mass is 274 g/mol. The summed E-state index contributed by atoms with van der Waals surface area (Å²) in [6, 6.07) is 25.2. The van der Waals surface area contributed by atoms with Crippen molar-refractivity contribution in [3.63, 3.8) is 0 Å². The number of aromatic carboxylic acids is 1. The third-order valence-electron chi connectivity index (χ3n) is 3.43. The second-order valence-electron chi connectivity index (χ2n) is 4.80. The van der Waals surface area contributed by atoms with E-state index < -0.39 is 5.97 Å². The van der Waals surface area contributed by atoms with Gasteiger partial charge < -0.3 is 5.11 Å². The third-order valence-corrected chi connectivity index (χ3v) is 3.43. The smallest absolute Gasteiger partial charge is 0.335 e. The van der Waals surface area contributed by atoms with E-state index in [0.29, 0.717) is 5.56 Å². The molecule has 2 nitrogen and oxygen atoms in total. The van der Waals surface area contributed by atoms with Gasteiger partial charge in [0.1, 0.15) is 0 Å². The Morgan fingerprint density at radius 3 is 1.90 bits per heavy atom. The van der Waals surface area contributed by atoms with Gasteiger partial charge in [-0.15, -0.1) is 0 Å². The van der Waals surface area contributed by atoms with Gasteiger partial charge in [-0.25, -0.2) is 4.79 Å². The molecule has 0 aliphatic rings. The van der Waals surface area contributed by atoms with Crippen LogP contribution in [-0.2, 0) is 0 Å². The Balaban J connectivity index is 2.16.